The van der Waals surface area contributed by atoms with Crippen LogP contribution in [0.1, 0.15) is 40.1 Å². The largest absolute Gasteiger partial charge is 0.346 e. The van der Waals surface area contributed by atoms with E-state index < -0.39 is 17.3 Å². The zero-order valence-corrected chi connectivity index (χ0v) is 15.7. The Labute approximate surface area is 158 Å². The van der Waals surface area contributed by atoms with E-state index in [9.17, 15) is 14.0 Å². The molecule has 2 aromatic carbocycles. The van der Waals surface area contributed by atoms with Crippen LogP contribution in [-0.2, 0) is 0 Å². The predicted molar refractivity (Wildman–Crippen MR) is 103 cm³/mol. The third-order valence-corrected chi connectivity index (χ3v) is 3.83. The number of hydrogen-bond donors (Lipinski definition) is 3. The molecule has 7 heteroatoms. The van der Waals surface area contributed by atoms with Gasteiger partial charge in [0.05, 0.1) is 5.56 Å². The Morgan fingerprint density at radius 3 is 2.38 bits per heavy atom. The second-order valence-electron chi connectivity index (χ2n) is 6.51. The zero-order chi connectivity index (χ0) is 18.6. The number of anilines is 1. The zero-order valence-electron chi connectivity index (χ0n) is 14.9. The van der Waals surface area contributed by atoms with Gasteiger partial charge in [-0.25, -0.2) is 4.39 Å². The fourth-order valence-corrected chi connectivity index (χ4v) is 2.16. The lowest BCUT2D eigenvalue weighted by Crippen LogP contribution is -2.48. The summed E-state index contributed by atoms with van der Waals surface area (Å²) in [5.41, 5.74) is 6.63. The first-order valence-corrected chi connectivity index (χ1v) is 7.92. The molecule has 2 amide bonds. The Morgan fingerprint density at radius 2 is 1.77 bits per heavy atom. The molecule has 4 N–H and O–H groups in total. The fourth-order valence-electron chi connectivity index (χ4n) is 2.16. The van der Waals surface area contributed by atoms with Gasteiger partial charge in [-0.3, -0.25) is 9.59 Å². The summed E-state index contributed by atoms with van der Waals surface area (Å²) >= 11 is 0. The maximum absolute atomic E-state index is 13.7. The molecule has 0 aliphatic rings. The quantitative estimate of drug-likeness (QED) is 0.745. The Hall–Kier alpha value is -2.44. The van der Waals surface area contributed by atoms with Crippen LogP contribution >= 0.6 is 12.4 Å². The van der Waals surface area contributed by atoms with E-state index >= 15 is 0 Å². The topological polar surface area (TPSA) is 84.2 Å². The lowest BCUT2D eigenvalue weighted by molar-refractivity contribution is 0.0914. The molecule has 0 radical (unpaired) electrons. The Morgan fingerprint density at radius 1 is 1.12 bits per heavy atom. The highest BCUT2D eigenvalue weighted by molar-refractivity contribution is 6.05. The molecule has 0 saturated carbocycles. The molecule has 0 spiro atoms. The van der Waals surface area contributed by atoms with Gasteiger partial charge in [0.1, 0.15) is 5.82 Å². The van der Waals surface area contributed by atoms with E-state index in [0.29, 0.717) is 17.8 Å². The number of benzene rings is 2. The summed E-state index contributed by atoms with van der Waals surface area (Å²) in [7, 11) is 0. The van der Waals surface area contributed by atoms with Crippen molar-refractivity contribution in [3.63, 3.8) is 0 Å². The van der Waals surface area contributed by atoms with Crippen LogP contribution in [-0.4, -0.2) is 23.9 Å². The SMILES string of the molecule is Cc1ccc(C(=O)NC(C)(C)CN)cc1NC(=O)c1ccccc1F.Cl. The van der Waals surface area contributed by atoms with Gasteiger partial charge < -0.3 is 16.4 Å². The average Bonchev–Trinajstić information content (AvgIpc) is 2.56. The highest BCUT2D eigenvalue weighted by Crippen LogP contribution is 2.19. The molecule has 26 heavy (non-hydrogen) atoms. The summed E-state index contributed by atoms with van der Waals surface area (Å²) in [6, 6.07) is 10.7. The molecule has 2 aromatic rings. The van der Waals surface area contributed by atoms with Crippen LogP contribution in [0, 0.1) is 12.7 Å². The van der Waals surface area contributed by atoms with Crippen molar-refractivity contribution in [2.24, 2.45) is 5.73 Å². The Bertz CT molecular complexity index is 809. The second-order valence-corrected chi connectivity index (χ2v) is 6.51. The number of hydrogen-bond acceptors (Lipinski definition) is 3. The van der Waals surface area contributed by atoms with Crippen LogP contribution in [0.5, 0.6) is 0 Å². The molecule has 0 aromatic heterocycles. The molecule has 140 valence electrons. The van der Waals surface area contributed by atoms with Gasteiger partial charge >= 0.3 is 0 Å². The van der Waals surface area contributed by atoms with Crippen LogP contribution in [0.2, 0.25) is 0 Å². The predicted octanol–water partition coefficient (Wildman–Crippen LogP) is 3.28. The smallest absolute Gasteiger partial charge is 0.258 e. The van der Waals surface area contributed by atoms with E-state index in [4.69, 9.17) is 5.73 Å². The van der Waals surface area contributed by atoms with Crippen molar-refractivity contribution in [1.82, 2.24) is 5.32 Å². The standard InChI is InChI=1S/C19H22FN3O2.ClH/c1-12-8-9-13(17(24)23-19(2,3)11-21)10-16(12)22-18(25)14-6-4-5-7-15(14)20;/h4-10H,11,21H2,1-3H3,(H,22,25)(H,23,24);1H. The van der Waals surface area contributed by atoms with Gasteiger partial charge in [0.15, 0.2) is 0 Å². The first-order chi connectivity index (χ1) is 11.7. The summed E-state index contributed by atoms with van der Waals surface area (Å²) in [6.07, 6.45) is 0. The number of carbonyl (C=O) groups excluding carboxylic acids is 2. The summed E-state index contributed by atoms with van der Waals surface area (Å²) in [5, 5.41) is 5.48. The number of halogens is 2. The molecule has 0 bridgehead atoms. The number of rotatable bonds is 5. The number of aryl methyl sites for hydroxylation is 1. The van der Waals surface area contributed by atoms with E-state index in [0.717, 1.165) is 5.56 Å². The monoisotopic (exact) mass is 379 g/mol. The van der Waals surface area contributed by atoms with Gasteiger partial charge in [-0.05, 0) is 50.6 Å². The van der Waals surface area contributed by atoms with Gasteiger partial charge in [0.2, 0.25) is 0 Å². The van der Waals surface area contributed by atoms with Gasteiger partial charge in [-0.2, -0.15) is 0 Å². The first kappa shape index (κ1) is 21.6. The number of nitrogens with one attached hydrogen (secondary N) is 2. The highest BCUT2D eigenvalue weighted by Gasteiger charge is 2.20. The van der Waals surface area contributed by atoms with Gasteiger partial charge in [0.25, 0.3) is 11.8 Å². The molecule has 0 atom stereocenters. The molecule has 0 aliphatic heterocycles. The van der Waals surface area contributed by atoms with Crippen molar-refractivity contribution >= 4 is 29.9 Å². The summed E-state index contributed by atoms with van der Waals surface area (Å²) in [5.74, 6) is -1.46. The lowest BCUT2D eigenvalue weighted by atomic mass is 10.0. The normalized spacial score (nSPS) is 10.7. The van der Waals surface area contributed by atoms with E-state index in [1.54, 1.807) is 31.2 Å². The van der Waals surface area contributed by atoms with Crippen molar-refractivity contribution < 1.29 is 14.0 Å². The molecule has 5 nitrogen and oxygen atoms in total. The van der Waals surface area contributed by atoms with Crippen molar-refractivity contribution in [2.45, 2.75) is 26.3 Å². The summed E-state index contributed by atoms with van der Waals surface area (Å²) in [4.78, 5) is 24.6. The molecule has 0 fully saturated rings. The van der Waals surface area contributed by atoms with E-state index in [1.807, 2.05) is 13.8 Å². The maximum Gasteiger partial charge on any atom is 0.258 e. The minimum atomic E-state index is -0.601. The molecule has 0 unspecified atom stereocenters. The summed E-state index contributed by atoms with van der Waals surface area (Å²) in [6.45, 7) is 5.73. The van der Waals surface area contributed by atoms with E-state index in [1.165, 1.54) is 18.2 Å². The van der Waals surface area contributed by atoms with E-state index in [-0.39, 0.29) is 23.9 Å². The molecule has 2 rings (SSSR count). The van der Waals surface area contributed by atoms with Crippen molar-refractivity contribution in [2.75, 3.05) is 11.9 Å². The molecule has 0 aliphatic carbocycles. The van der Waals surface area contributed by atoms with Crippen molar-refractivity contribution in [3.05, 3.63) is 65.0 Å². The maximum atomic E-state index is 13.7. The van der Waals surface area contributed by atoms with Crippen LogP contribution < -0.4 is 16.4 Å². The Kier molecular flexibility index (Phi) is 7.29. The Balaban J connectivity index is 0.00000338. The molecule has 0 heterocycles. The number of amides is 2. The third kappa shape index (κ3) is 5.28. The van der Waals surface area contributed by atoms with Crippen LogP contribution in [0.3, 0.4) is 0 Å². The molecular formula is C19H23ClFN3O2. The highest BCUT2D eigenvalue weighted by atomic mass is 35.5. The van der Waals surface area contributed by atoms with Crippen LogP contribution in [0.25, 0.3) is 0 Å². The second kappa shape index (κ2) is 8.78. The van der Waals surface area contributed by atoms with Gasteiger partial charge in [-0.15, -0.1) is 12.4 Å². The first-order valence-electron chi connectivity index (χ1n) is 7.92. The van der Waals surface area contributed by atoms with E-state index in [2.05, 4.69) is 10.6 Å². The number of nitrogens with two attached hydrogens (primary N) is 1. The minimum Gasteiger partial charge on any atom is -0.346 e. The van der Waals surface area contributed by atoms with Crippen LogP contribution in [0.4, 0.5) is 10.1 Å². The van der Waals surface area contributed by atoms with Crippen LogP contribution in [0.15, 0.2) is 42.5 Å². The minimum absolute atomic E-state index is 0. The molecule has 0 saturated heterocycles. The fraction of sp³-hybridized carbons (Fsp3) is 0.263. The van der Waals surface area contributed by atoms with Gasteiger partial charge in [-0.1, -0.05) is 18.2 Å². The van der Waals surface area contributed by atoms with Crippen molar-refractivity contribution in [3.8, 4) is 0 Å². The summed E-state index contributed by atoms with van der Waals surface area (Å²) < 4.78 is 13.7. The average molecular weight is 380 g/mol. The molecular weight excluding hydrogens is 357 g/mol. The lowest BCUT2D eigenvalue weighted by Gasteiger charge is -2.24. The third-order valence-electron chi connectivity index (χ3n) is 3.83. The van der Waals surface area contributed by atoms with Crippen molar-refractivity contribution in [1.29, 1.82) is 0 Å². The number of carbonyl (C=O) groups is 2. The van der Waals surface area contributed by atoms with Gasteiger partial charge in [0, 0.05) is 23.3 Å².